The average molecular weight is 141 g/mol. The Morgan fingerprint density at radius 2 is 2.50 bits per heavy atom. The van der Waals surface area contributed by atoms with Crippen LogP contribution in [-0.2, 0) is 9.53 Å². The van der Waals surface area contributed by atoms with Crippen molar-refractivity contribution < 1.29 is 9.53 Å². The third kappa shape index (κ3) is 0.814. The molecule has 0 radical (unpaired) electrons. The van der Waals surface area contributed by atoms with Crippen LogP contribution in [0.25, 0.3) is 0 Å². The summed E-state index contributed by atoms with van der Waals surface area (Å²) in [6.07, 6.45) is 2.88. The zero-order valence-corrected chi connectivity index (χ0v) is 5.88. The van der Waals surface area contributed by atoms with Crippen LogP contribution in [0, 0.1) is 0 Å². The molecule has 2 aliphatic rings. The molecular formula is C7H11NO2. The first-order chi connectivity index (χ1) is 4.88. The maximum atomic E-state index is 11.1. The normalized spacial score (nSPS) is 32.6. The van der Waals surface area contributed by atoms with Gasteiger partial charge in [-0.3, -0.25) is 4.79 Å². The van der Waals surface area contributed by atoms with E-state index in [1.807, 2.05) is 4.90 Å². The van der Waals surface area contributed by atoms with Gasteiger partial charge < -0.3 is 9.64 Å². The Morgan fingerprint density at radius 1 is 1.60 bits per heavy atom. The number of hydrogen-bond acceptors (Lipinski definition) is 2. The van der Waals surface area contributed by atoms with Crippen LogP contribution < -0.4 is 0 Å². The van der Waals surface area contributed by atoms with E-state index in [9.17, 15) is 4.79 Å². The first kappa shape index (κ1) is 6.16. The van der Waals surface area contributed by atoms with Crippen molar-refractivity contribution in [3.63, 3.8) is 0 Å². The van der Waals surface area contributed by atoms with Crippen LogP contribution >= 0.6 is 0 Å². The van der Waals surface area contributed by atoms with Gasteiger partial charge in [0.15, 0.2) is 0 Å². The fourth-order valence-electron chi connectivity index (χ4n) is 1.62. The fourth-order valence-corrected chi connectivity index (χ4v) is 1.62. The van der Waals surface area contributed by atoms with Crippen LogP contribution in [0.15, 0.2) is 0 Å². The summed E-state index contributed by atoms with van der Waals surface area (Å²) in [5.41, 5.74) is 0. The van der Waals surface area contributed by atoms with Crippen molar-refractivity contribution in [1.82, 2.24) is 4.90 Å². The summed E-state index contributed by atoms with van der Waals surface area (Å²) in [7, 11) is 0. The van der Waals surface area contributed by atoms with Gasteiger partial charge >= 0.3 is 0 Å². The topological polar surface area (TPSA) is 29.5 Å². The number of nitrogens with zero attached hydrogens (tertiary/aromatic N) is 1. The predicted molar refractivity (Wildman–Crippen MR) is 35.3 cm³/mol. The second-order valence-corrected chi connectivity index (χ2v) is 2.80. The minimum Gasteiger partial charge on any atom is -0.356 e. The predicted octanol–water partition coefficient (Wildman–Crippen LogP) is 0.355. The molecule has 0 aliphatic carbocycles. The third-order valence-electron chi connectivity index (χ3n) is 2.15. The Balaban J connectivity index is 2.10. The Labute approximate surface area is 60.0 Å². The zero-order chi connectivity index (χ0) is 6.97. The second kappa shape index (κ2) is 2.23. The highest BCUT2D eigenvalue weighted by atomic mass is 16.5. The minimum atomic E-state index is 0.126. The van der Waals surface area contributed by atoms with Crippen LogP contribution in [0.3, 0.4) is 0 Å². The molecule has 10 heavy (non-hydrogen) atoms. The van der Waals surface area contributed by atoms with Crippen molar-refractivity contribution >= 4 is 5.91 Å². The molecule has 1 amide bonds. The number of rotatable bonds is 0. The Kier molecular flexibility index (Phi) is 1.38. The molecule has 0 aromatic carbocycles. The molecule has 3 heteroatoms. The molecule has 2 heterocycles. The molecule has 0 aromatic heterocycles. The molecule has 0 N–H and O–H groups in total. The summed E-state index contributed by atoms with van der Waals surface area (Å²) in [6, 6.07) is 0. The third-order valence-corrected chi connectivity index (χ3v) is 2.15. The molecule has 56 valence electrons. The Bertz CT molecular complexity index is 158. The van der Waals surface area contributed by atoms with E-state index < -0.39 is 0 Å². The highest BCUT2D eigenvalue weighted by Crippen LogP contribution is 2.22. The number of hydrogen-bond donors (Lipinski definition) is 0. The van der Waals surface area contributed by atoms with Crippen molar-refractivity contribution in [3.05, 3.63) is 0 Å². The summed E-state index contributed by atoms with van der Waals surface area (Å²) in [5.74, 6) is 0.272. The number of fused-ring (bicyclic) bond motifs is 1. The van der Waals surface area contributed by atoms with Gasteiger partial charge in [-0.15, -0.1) is 0 Å². The van der Waals surface area contributed by atoms with Gasteiger partial charge in [-0.2, -0.15) is 0 Å². The fraction of sp³-hybridized carbons (Fsp3) is 0.857. The highest BCUT2D eigenvalue weighted by molar-refractivity contribution is 5.77. The minimum absolute atomic E-state index is 0.126. The van der Waals surface area contributed by atoms with Gasteiger partial charge in [0.05, 0.1) is 6.61 Å². The molecule has 2 aliphatic heterocycles. The molecule has 0 spiro atoms. The van der Waals surface area contributed by atoms with Crippen molar-refractivity contribution in [2.75, 3.05) is 13.2 Å². The van der Waals surface area contributed by atoms with E-state index in [1.54, 1.807) is 0 Å². The van der Waals surface area contributed by atoms with E-state index in [0.29, 0.717) is 0 Å². The highest BCUT2D eigenvalue weighted by Gasteiger charge is 2.32. The molecule has 0 saturated carbocycles. The van der Waals surface area contributed by atoms with Gasteiger partial charge in [0.2, 0.25) is 5.91 Å². The molecule has 0 aromatic rings. The standard InChI is InChI=1S/C7H11NO2/c9-6-2-1-3-7-8(6)4-5-10-7/h7H,1-5H2/t7-/m0/s1. The summed E-state index contributed by atoms with van der Waals surface area (Å²) in [5, 5.41) is 0. The van der Waals surface area contributed by atoms with Gasteiger partial charge in [-0.25, -0.2) is 0 Å². The van der Waals surface area contributed by atoms with E-state index in [2.05, 4.69) is 0 Å². The van der Waals surface area contributed by atoms with E-state index in [1.165, 1.54) is 0 Å². The van der Waals surface area contributed by atoms with Gasteiger partial charge in [0.25, 0.3) is 0 Å². The smallest absolute Gasteiger partial charge is 0.224 e. The van der Waals surface area contributed by atoms with Crippen LogP contribution in [0.5, 0.6) is 0 Å². The molecule has 2 fully saturated rings. The number of carbonyl (C=O) groups is 1. The molecular weight excluding hydrogens is 130 g/mol. The molecule has 2 saturated heterocycles. The second-order valence-electron chi connectivity index (χ2n) is 2.80. The van der Waals surface area contributed by atoms with E-state index in [0.717, 1.165) is 32.4 Å². The summed E-state index contributed by atoms with van der Waals surface area (Å²) < 4.78 is 5.33. The number of piperidine rings is 1. The van der Waals surface area contributed by atoms with E-state index in [4.69, 9.17) is 4.74 Å². The van der Waals surface area contributed by atoms with Crippen molar-refractivity contribution in [3.8, 4) is 0 Å². The molecule has 2 rings (SSSR count). The zero-order valence-electron chi connectivity index (χ0n) is 5.88. The maximum Gasteiger partial charge on any atom is 0.224 e. The molecule has 0 unspecified atom stereocenters. The van der Waals surface area contributed by atoms with Crippen LogP contribution in [0.1, 0.15) is 19.3 Å². The first-order valence-corrected chi connectivity index (χ1v) is 3.79. The lowest BCUT2D eigenvalue weighted by Gasteiger charge is -2.27. The summed E-state index contributed by atoms with van der Waals surface area (Å²) in [6.45, 7) is 1.54. The van der Waals surface area contributed by atoms with Crippen molar-refractivity contribution in [2.45, 2.75) is 25.5 Å². The molecule has 3 nitrogen and oxygen atoms in total. The lowest BCUT2D eigenvalue weighted by Crippen LogP contribution is -2.39. The lowest BCUT2D eigenvalue weighted by atomic mass is 10.1. The number of carbonyl (C=O) groups excluding carboxylic acids is 1. The average Bonchev–Trinajstić information content (AvgIpc) is 2.36. The van der Waals surface area contributed by atoms with Gasteiger partial charge in [-0.05, 0) is 12.8 Å². The number of amides is 1. The maximum absolute atomic E-state index is 11.1. The van der Waals surface area contributed by atoms with E-state index in [-0.39, 0.29) is 12.1 Å². The Morgan fingerprint density at radius 3 is 3.30 bits per heavy atom. The van der Waals surface area contributed by atoms with Crippen molar-refractivity contribution in [2.24, 2.45) is 0 Å². The Hall–Kier alpha value is -0.570. The summed E-state index contributed by atoms with van der Waals surface area (Å²) in [4.78, 5) is 13.0. The molecule has 0 bridgehead atoms. The van der Waals surface area contributed by atoms with Crippen LogP contribution in [0.4, 0.5) is 0 Å². The lowest BCUT2D eigenvalue weighted by molar-refractivity contribution is -0.140. The summed E-state index contributed by atoms with van der Waals surface area (Å²) >= 11 is 0. The number of ether oxygens (including phenoxy) is 1. The first-order valence-electron chi connectivity index (χ1n) is 3.79. The van der Waals surface area contributed by atoms with Gasteiger partial charge in [0, 0.05) is 13.0 Å². The van der Waals surface area contributed by atoms with Gasteiger partial charge in [-0.1, -0.05) is 0 Å². The van der Waals surface area contributed by atoms with Crippen LogP contribution in [0.2, 0.25) is 0 Å². The SMILES string of the molecule is O=C1CCC[C@@H]2OCCN12. The quantitative estimate of drug-likeness (QED) is 0.487. The van der Waals surface area contributed by atoms with Crippen molar-refractivity contribution in [1.29, 1.82) is 0 Å². The largest absolute Gasteiger partial charge is 0.356 e. The monoisotopic (exact) mass is 141 g/mol. The molecule has 1 atom stereocenters. The van der Waals surface area contributed by atoms with Crippen LogP contribution in [-0.4, -0.2) is 30.2 Å². The van der Waals surface area contributed by atoms with E-state index >= 15 is 0 Å². The van der Waals surface area contributed by atoms with Gasteiger partial charge in [0.1, 0.15) is 6.23 Å².